The fraction of sp³-hybridized carbons (Fsp3) is 0.435. The number of nitrogens with zero attached hydrogens (tertiary/aromatic N) is 1. The van der Waals surface area contributed by atoms with E-state index in [-0.39, 0.29) is 29.9 Å². The molecule has 0 saturated carbocycles. The van der Waals surface area contributed by atoms with Gasteiger partial charge in [-0.05, 0) is 56.2 Å². The first-order chi connectivity index (χ1) is 13.9. The lowest BCUT2D eigenvalue weighted by atomic mass is 10.1. The lowest BCUT2D eigenvalue weighted by molar-refractivity contribution is -0.0704. The molecule has 1 heterocycles. The monoisotopic (exact) mass is 400 g/mol. The molecule has 0 radical (unpaired) electrons. The molecule has 2 aromatic carbocycles. The molecule has 1 fully saturated rings. The van der Waals surface area contributed by atoms with Crippen LogP contribution in [-0.4, -0.2) is 43.2 Å². The zero-order valence-electron chi connectivity index (χ0n) is 17.4. The maximum atomic E-state index is 13.9. The second kappa shape index (κ2) is 9.37. The summed E-state index contributed by atoms with van der Waals surface area (Å²) in [6, 6.07) is 12.0. The molecule has 1 aliphatic rings. The molecule has 6 heteroatoms. The van der Waals surface area contributed by atoms with Crippen LogP contribution in [0.4, 0.5) is 4.39 Å². The van der Waals surface area contributed by atoms with Crippen molar-refractivity contribution >= 4 is 5.91 Å². The van der Waals surface area contributed by atoms with E-state index in [0.29, 0.717) is 11.1 Å². The van der Waals surface area contributed by atoms with Gasteiger partial charge >= 0.3 is 0 Å². The molecule has 0 aromatic heterocycles. The van der Waals surface area contributed by atoms with E-state index in [9.17, 15) is 9.18 Å². The van der Waals surface area contributed by atoms with Crippen LogP contribution in [0.1, 0.15) is 48.3 Å². The zero-order valence-corrected chi connectivity index (χ0v) is 17.4. The number of hydrogen-bond donors (Lipinski definition) is 1. The highest BCUT2D eigenvalue weighted by atomic mass is 19.1. The first-order valence-electron chi connectivity index (χ1n) is 9.96. The Morgan fingerprint density at radius 2 is 1.86 bits per heavy atom. The van der Waals surface area contributed by atoms with Crippen molar-refractivity contribution < 1.29 is 18.7 Å². The lowest BCUT2D eigenvalue weighted by Gasteiger charge is -2.35. The third kappa shape index (κ3) is 5.55. The average Bonchev–Trinajstić information content (AvgIpc) is 2.67. The summed E-state index contributed by atoms with van der Waals surface area (Å²) in [7, 11) is 1.42. The highest BCUT2D eigenvalue weighted by Gasteiger charge is 2.22. The average molecular weight is 400 g/mol. The van der Waals surface area contributed by atoms with Crippen LogP contribution in [0.25, 0.3) is 0 Å². The molecule has 1 N–H and O–H groups in total. The lowest BCUT2D eigenvalue weighted by Crippen LogP contribution is -2.44. The Morgan fingerprint density at radius 1 is 1.21 bits per heavy atom. The first-order valence-corrected chi connectivity index (χ1v) is 9.96. The largest absolute Gasteiger partial charge is 0.494 e. The number of benzene rings is 2. The van der Waals surface area contributed by atoms with Gasteiger partial charge in [-0.3, -0.25) is 9.69 Å². The van der Waals surface area contributed by atoms with Crippen molar-refractivity contribution in [3.63, 3.8) is 0 Å². The second-order valence-corrected chi connectivity index (χ2v) is 7.74. The molecule has 5 nitrogen and oxygen atoms in total. The van der Waals surface area contributed by atoms with Gasteiger partial charge in [0.25, 0.3) is 5.91 Å². The summed E-state index contributed by atoms with van der Waals surface area (Å²) in [4.78, 5) is 14.9. The fourth-order valence-electron chi connectivity index (χ4n) is 3.75. The summed E-state index contributed by atoms with van der Waals surface area (Å²) in [5, 5.41) is 2.92. The molecule has 3 rings (SSSR count). The number of halogens is 1. The Hall–Kier alpha value is -2.44. The van der Waals surface area contributed by atoms with Gasteiger partial charge in [0.15, 0.2) is 11.6 Å². The number of hydrogen-bond acceptors (Lipinski definition) is 4. The normalized spacial score (nSPS) is 20.9. The predicted octanol–water partition coefficient (Wildman–Crippen LogP) is 3.93. The van der Waals surface area contributed by atoms with Crippen LogP contribution >= 0.6 is 0 Å². The van der Waals surface area contributed by atoms with E-state index in [4.69, 9.17) is 9.47 Å². The second-order valence-electron chi connectivity index (χ2n) is 7.74. The molecule has 0 unspecified atom stereocenters. The van der Waals surface area contributed by atoms with Gasteiger partial charge in [-0.2, -0.15) is 0 Å². The van der Waals surface area contributed by atoms with E-state index < -0.39 is 5.82 Å². The van der Waals surface area contributed by atoms with Crippen molar-refractivity contribution in [1.29, 1.82) is 0 Å². The van der Waals surface area contributed by atoms with E-state index in [2.05, 4.69) is 24.1 Å². The molecule has 29 heavy (non-hydrogen) atoms. The van der Waals surface area contributed by atoms with Crippen molar-refractivity contribution in [2.24, 2.45) is 0 Å². The Balaban J connectivity index is 1.59. The SMILES string of the molecule is COc1ccc([C@H](C)NC(=O)c2ccc(CN3C[C@@H](C)O[C@H](C)C3)cc2)cc1F. The number of carbonyl (C=O) groups is 1. The van der Waals surface area contributed by atoms with E-state index in [1.807, 2.05) is 31.2 Å². The first kappa shape index (κ1) is 21.3. The standard InChI is InChI=1S/C23H29FN2O3/c1-15-12-26(13-16(2)29-15)14-18-5-7-19(8-6-18)23(27)25-17(3)20-9-10-22(28-4)21(24)11-20/h5-11,15-17H,12-14H2,1-4H3,(H,25,27)/t15-,16-,17+/m1/s1. The Bertz CT molecular complexity index is 831. The zero-order chi connectivity index (χ0) is 21.0. The molecule has 0 bridgehead atoms. The number of nitrogens with one attached hydrogen (secondary N) is 1. The van der Waals surface area contributed by atoms with Crippen LogP contribution in [0.3, 0.4) is 0 Å². The number of methoxy groups -OCH3 is 1. The summed E-state index contributed by atoms with van der Waals surface area (Å²) >= 11 is 0. The smallest absolute Gasteiger partial charge is 0.251 e. The van der Waals surface area contributed by atoms with Crippen LogP contribution in [-0.2, 0) is 11.3 Å². The highest BCUT2D eigenvalue weighted by molar-refractivity contribution is 5.94. The molecular weight excluding hydrogens is 371 g/mol. The van der Waals surface area contributed by atoms with Crippen molar-refractivity contribution in [2.75, 3.05) is 20.2 Å². The molecule has 3 atom stereocenters. The van der Waals surface area contributed by atoms with Gasteiger partial charge in [0, 0.05) is 25.2 Å². The quantitative estimate of drug-likeness (QED) is 0.798. The van der Waals surface area contributed by atoms with Crippen molar-refractivity contribution in [3.8, 4) is 5.75 Å². The Morgan fingerprint density at radius 3 is 2.45 bits per heavy atom. The third-order valence-electron chi connectivity index (χ3n) is 5.14. The molecular formula is C23H29FN2O3. The van der Waals surface area contributed by atoms with Crippen LogP contribution < -0.4 is 10.1 Å². The molecule has 1 saturated heterocycles. The molecule has 0 aliphatic carbocycles. The van der Waals surface area contributed by atoms with Crippen LogP contribution in [0.5, 0.6) is 5.75 Å². The summed E-state index contributed by atoms with van der Waals surface area (Å²) in [6.45, 7) is 8.65. The van der Waals surface area contributed by atoms with Crippen LogP contribution in [0.2, 0.25) is 0 Å². The van der Waals surface area contributed by atoms with Gasteiger partial charge in [-0.1, -0.05) is 18.2 Å². The maximum absolute atomic E-state index is 13.9. The Labute approximate surface area is 171 Å². The third-order valence-corrected chi connectivity index (χ3v) is 5.14. The van der Waals surface area contributed by atoms with E-state index >= 15 is 0 Å². The molecule has 2 aromatic rings. The van der Waals surface area contributed by atoms with Crippen LogP contribution in [0, 0.1) is 5.82 Å². The minimum absolute atomic E-state index is 0.186. The maximum Gasteiger partial charge on any atom is 0.251 e. The van der Waals surface area contributed by atoms with Gasteiger partial charge in [0.05, 0.1) is 25.4 Å². The Kier molecular flexibility index (Phi) is 6.87. The molecule has 1 aliphatic heterocycles. The van der Waals surface area contributed by atoms with Crippen molar-refractivity contribution in [2.45, 2.75) is 45.6 Å². The minimum Gasteiger partial charge on any atom is -0.494 e. The van der Waals surface area contributed by atoms with Crippen molar-refractivity contribution in [1.82, 2.24) is 10.2 Å². The predicted molar refractivity (Wildman–Crippen MR) is 111 cm³/mol. The van der Waals surface area contributed by atoms with Gasteiger partial charge in [-0.15, -0.1) is 0 Å². The number of morpholine rings is 1. The van der Waals surface area contributed by atoms with E-state index in [1.54, 1.807) is 12.1 Å². The van der Waals surface area contributed by atoms with Gasteiger partial charge in [0.1, 0.15) is 0 Å². The summed E-state index contributed by atoms with van der Waals surface area (Å²) in [6.07, 6.45) is 0.459. The van der Waals surface area contributed by atoms with Gasteiger partial charge in [0.2, 0.25) is 0 Å². The minimum atomic E-state index is -0.442. The van der Waals surface area contributed by atoms with Gasteiger partial charge < -0.3 is 14.8 Å². The molecule has 0 spiro atoms. The van der Waals surface area contributed by atoms with Crippen molar-refractivity contribution in [3.05, 3.63) is 65.0 Å². The number of amides is 1. The summed E-state index contributed by atoms with van der Waals surface area (Å²) < 4.78 is 24.6. The van der Waals surface area contributed by atoms with E-state index in [1.165, 1.54) is 13.2 Å². The van der Waals surface area contributed by atoms with Gasteiger partial charge in [-0.25, -0.2) is 4.39 Å². The summed E-state index contributed by atoms with van der Waals surface area (Å²) in [5.74, 6) is -0.442. The number of carbonyl (C=O) groups excluding carboxylic acids is 1. The number of rotatable bonds is 6. The van der Waals surface area contributed by atoms with E-state index in [0.717, 1.165) is 25.2 Å². The summed E-state index contributed by atoms with van der Waals surface area (Å²) in [5.41, 5.74) is 2.43. The van der Waals surface area contributed by atoms with Crippen LogP contribution in [0.15, 0.2) is 42.5 Å². The molecule has 156 valence electrons. The topological polar surface area (TPSA) is 50.8 Å². The fourth-order valence-corrected chi connectivity index (χ4v) is 3.75. The number of ether oxygens (including phenoxy) is 2. The molecule has 1 amide bonds. The highest BCUT2D eigenvalue weighted by Crippen LogP contribution is 2.22.